The van der Waals surface area contributed by atoms with Gasteiger partial charge in [0.25, 0.3) is 0 Å². The molecule has 0 aliphatic heterocycles. The van der Waals surface area contributed by atoms with Gasteiger partial charge < -0.3 is 5.11 Å². The molecule has 0 unspecified atom stereocenters. The van der Waals surface area contributed by atoms with Crippen molar-refractivity contribution in [3.8, 4) is 0 Å². The second-order valence-corrected chi connectivity index (χ2v) is 3.53. The van der Waals surface area contributed by atoms with Gasteiger partial charge in [0, 0.05) is 17.8 Å². The Hall–Kier alpha value is -2.16. The molecule has 0 atom stereocenters. The number of aromatic nitrogens is 2. The number of nitrogens with zero attached hydrogens (tertiary/aromatic N) is 2. The molecule has 0 saturated heterocycles. The van der Waals surface area contributed by atoms with Gasteiger partial charge >= 0.3 is 0 Å². The first-order valence-corrected chi connectivity index (χ1v) is 4.99. The third-order valence-corrected chi connectivity index (χ3v) is 2.20. The number of aliphatic hydroxyl groups excluding tert-OH is 1. The van der Waals surface area contributed by atoms with E-state index < -0.39 is 0 Å². The van der Waals surface area contributed by atoms with Crippen LogP contribution in [0, 0.1) is 6.92 Å². The highest BCUT2D eigenvalue weighted by atomic mass is 16.3. The molecule has 0 fully saturated rings. The molecule has 80 valence electrons. The van der Waals surface area contributed by atoms with Crippen LogP contribution < -0.4 is 0 Å². The van der Waals surface area contributed by atoms with E-state index in [1.165, 1.54) is 6.33 Å². The summed E-state index contributed by atoms with van der Waals surface area (Å²) in [6.07, 6.45) is 4.72. The van der Waals surface area contributed by atoms with Gasteiger partial charge in [0.1, 0.15) is 12.1 Å². The molecule has 2 aromatic rings. The fraction of sp³-hybridized carbons (Fsp3) is 0.0769. The molecule has 1 aromatic carbocycles. The van der Waals surface area contributed by atoms with Gasteiger partial charge in [0.2, 0.25) is 0 Å². The lowest BCUT2D eigenvalue weighted by molar-refractivity contribution is 0.515. The molecule has 0 aliphatic rings. The second-order valence-electron chi connectivity index (χ2n) is 3.53. The normalized spacial score (nSPS) is 11.4. The molecule has 0 radical (unpaired) electrons. The predicted octanol–water partition coefficient (Wildman–Crippen LogP) is 2.84. The molecule has 0 bridgehead atoms. The minimum absolute atomic E-state index is 0.211. The lowest BCUT2D eigenvalue weighted by Crippen LogP contribution is -1.86. The first-order chi connectivity index (χ1) is 7.75. The molecule has 0 spiro atoms. The zero-order chi connectivity index (χ0) is 11.4. The summed E-state index contributed by atoms with van der Waals surface area (Å²) >= 11 is 0. The summed E-state index contributed by atoms with van der Waals surface area (Å²) in [5, 5.41) is 9.90. The first-order valence-electron chi connectivity index (χ1n) is 4.99. The Bertz CT molecular complexity index is 506. The Morgan fingerprint density at radius 3 is 2.88 bits per heavy atom. The maximum atomic E-state index is 9.90. The molecular weight excluding hydrogens is 200 g/mol. The van der Waals surface area contributed by atoms with Crippen molar-refractivity contribution in [1.82, 2.24) is 9.97 Å². The molecule has 3 heteroatoms. The van der Waals surface area contributed by atoms with Crippen LogP contribution in [0.3, 0.4) is 0 Å². The van der Waals surface area contributed by atoms with Gasteiger partial charge in [-0.15, -0.1) is 0 Å². The lowest BCUT2D eigenvalue weighted by atomic mass is 10.1. The molecule has 1 aromatic heterocycles. The van der Waals surface area contributed by atoms with Crippen molar-refractivity contribution in [3.05, 3.63) is 59.7 Å². The van der Waals surface area contributed by atoms with Gasteiger partial charge in [-0.25, -0.2) is 9.97 Å². The summed E-state index contributed by atoms with van der Waals surface area (Å²) in [6.45, 7) is 1.99. The summed E-state index contributed by atoms with van der Waals surface area (Å²) in [6, 6.07) is 9.43. The summed E-state index contributed by atoms with van der Waals surface area (Å²) in [5.41, 5.74) is 2.59. The highest BCUT2D eigenvalue weighted by Gasteiger charge is 1.99. The zero-order valence-electron chi connectivity index (χ0n) is 8.96. The van der Waals surface area contributed by atoms with Crippen molar-refractivity contribution < 1.29 is 5.11 Å². The Kier molecular flexibility index (Phi) is 2.96. The van der Waals surface area contributed by atoms with Crippen LogP contribution in [-0.2, 0) is 0 Å². The Balaban J connectivity index is 2.32. The van der Waals surface area contributed by atoms with E-state index in [0.29, 0.717) is 5.69 Å². The fourth-order valence-corrected chi connectivity index (χ4v) is 1.41. The van der Waals surface area contributed by atoms with E-state index in [9.17, 15) is 5.11 Å². The number of benzene rings is 1. The molecule has 1 N–H and O–H groups in total. The van der Waals surface area contributed by atoms with Crippen LogP contribution in [0.25, 0.3) is 11.8 Å². The van der Waals surface area contributed by atoms with Crippen LogP contribution in [0.15, 0.2) is 42.9 Å². The molecule has 0 amide bonds. The van der Waals surface area contributed by atoms with E-state index in [-0.39, 0.29) is 5.76 Å². The maximum absolute atomic E-state index is 9.90. The van der Waals surface area contributed by atoms with Gasteiger partial charge in [-0.1, -0.05) is 23.8 Å². The SMILES string of the molecule is Cc1cccc(/C(O)=C/c2ccncn2)c1. The van der Waals surface area contributed by atoms with Gasteiger partial charge in [-0.3, -0.25) is 0 Å². The van der Waals surface area contributed by atoms with Crippen molar-refractivity contribution in [2.75, 3.05) is 0 Å². The van der Waals surface area contributed by atoms with E-state index in [2.05, 4.69) is 9.97 Å². The van der Waals surface area contributed by atoms with E-state index in [4.69, 9.17) is 0 Å². The smallest absolute Gasteiger partial charge is 0.124 e. The largest absolute Gasteiger partial charge is 0.507 e. The number of aliphatic hydroxyl groups is 1. The summed E-state index contributed by atoms with van der Waals surface area (Å²) in [7, 11) is 0. The van der Waals surface area contributed by atoms with Gasteiger partial charge in [0.15, 0.2) is 0 Å². The van der Waals surface area contributed by atoms with Crippen LogP contribution in [0.5, 0.6) is 0 Å². The molecular formula is C13H12N2O. The quantitative estimate of drug-likeness (QED) is 0.778. The van der Waals surface area contributed by atoms with Crippen LogP contribution in [0.4, 0.5) is 0 Å². The highest BCUT2D eigenvalue weighted by molar-refractivity contribution is 5.75. The third kappa shape index (κ3) is 2.45. The van der Waals surface area contributed by atoms with E-state index in [1.54, 1.807) is 18.3 Å². The Morgan fingerprint density at radius 1 is 1.31 bits per heavy atom. The van der Waals surface area contributed by atoms with Crippen molar-refractivity contribution in [2.45, 2.75) is 6.92 Å². The van der Waals surface area contributed by atoms with Crippen molar-refractivity contribution in [2.24, 2.45) is 0 Å². The topological polar surface area (TPSA) is 46.0 Å². The van der Waals surface area contributed by atoms with Crippen molar-refractivity contribution in [1.29, 1.82) is 0 Å². The molecule has 16 heavy (non-hydrogen) atoms. The van der Waals surface area contributed by atoms with Crippen LogP contribution in [0.1, 0.15) is 16.8 Å². The molecule has 0 aliphatic carbocycles. The first kappa shape index (κ1) is 10.4. The fourth-order valence-electron chi connectivity index (χ4n) is 1.41. The number of rotatable bonds is 2. The molecule has 2 rings (SSSR count). The molecule has 3 nitrogen and oxygen atoms in total. The molecule has 1 heterocycles. The van der Waals surface area contributed by atoms with Crippen LogP contribution in [0.2, 0.25) is 0 Å². The minimum Gasteiger partial charge on any atom is -0.507 e. The van der Waals surface area contributed by atoms with Crippen molar-refractivity contribution in [3.63, 3.8) is 0 Å². The number of aryl methyl sites for hydroxylation is 1. The average molecular weight is 212 g/mol. The average Bonchev–Trinajstić information content (AvgIpc) is 2.30. The van der Waals surface area contributed by atoms with E-state index in [1.807, 2.05) is 31.2 Å². The lowest BCUT2D eigenvalue weighted by Gasteiger charge is -2.01. The highest BCUT2D eigenvalue weighted by Crippen LogP contribution is 2.15. The number of hydrogen-bond acceptors (Lipinski definition) is 3. The zero-order valence-corrected chi connectivity index (χ0v) is 8.96. The van der Waals surface area contributed by atoms with Crippen molar-refractivity contribution >= 4 is 11.8 Å². The van der Waals surface area contributed by atoms with Crippen LogP contribution >= 0.6 is 0 Å². The Labute approximate surface area is 94.1 Å². The maximum Gasteiger partial charge on any atom is 0.124 e. The standard InChI is InChI=1S/C13H12N2O/c1-10-3-2-4-11(7-10)13(16)8-12-5-6-14-9-15-12/h2-9,16H,1H3/b13-8-. The number of hydrogen-bond donors (Lipinski definition) is 1. The predicted molar refractivity (Wildman–Crippen MR) is 63.7 cm³/mol. The van der Waals surface area contributed by atoms with Gasteiger partial charge in [-0.2, -0.15) is 0 Å². The summed E-state index contributed by atoms with van der Waals surface area (Å²) in [5.74, 6) is 0.211. The second kappa shape index (κ2) is 4.57. The van der Waals surface area contributed by atoms with Gasteiger partial charge in [-0.05, 0) is 19.1 Å². The third-order valence-electron chi connectivity index (χ3n) is 2.20. The monoisotopic (exact) mass is 212 g/mol. The van der Waals surface area contributed by atoms with Gasteiger partial charge in [0.05, 0.1) is 5.69 Å². The summed E-state index contributed by atoms with van der Waals surface area (Å²) < 4.78 is 0. The minimum atomic E-state index is 0.211. The molecule has 0 saturated carbocycles. The summed E-state index contributed by atoms with van der Waals surface area (Å²) in [4.78, 5) is 7.84. The Morgan fingerprint density at radius 2 is 2.19 bits per heavy atom. The van der Waals surface area contributed by atoms with Crippen LogP contribution in [-0.4, -0.2) is 15.1 Å². The van der Waals surface area contributed by atoms with E-state index >= 15 is 0 Å². The van der Waals surface area contributed by atoms with E-state index in [0.717, 1.165) is 11.1 Å².